The number of hydrogen-bond acceptors (Lipinski definition) is 5. The van der Waals surface area contributed by atoms with Crippen LogP contribution in [0.15, 0.2) is 23.6 Å². The molecule has 1 fully saturated rings. The number of β-amino-alcohol motifs (C(OH)–C–C–N with tert-alkyl or cyclic N) is 1. The van der Waals surface area contributed by atoms with E-state index in [1.54, 1.807) is 17.5 Å². The lowest BCUT2D eigenvalue weighted by molar-refractivity contribution is 0.0923. The summed E-state index contributed by atoms with van der Waals surface area (Å²) in [4.78, 5) is 16.5. The Morgan fingerprint density at radius 3 is 2.83 bits per heavy atom. The van der Waals surface area contributed by atoms with Gasteiger partial charge in [0.2, 0.25) is 0 Å². The third kappa shape index (κ3) is 4.39. The average molecular weight is 409 g/mol. The average Bonchev–Trinajstić information content (AvgIpc) is 3.17. The monoisotopic (exact) mass is 407 g/mol. The fourth-order valence-electron chi connectivity index (χ4n) is 2.38. The SMILES string of the molecule is Cl.O=C(NCC1CNCC1O)c1csc(-c2ccc(Cl)c(Cl)c2)n1. The zero-order valence-electron chi connectivity index (χ0n) is 12.5. The molecule has 1 saturated heterocycles. The first-order chi connectivity index (χ1) is 11.0. The van der Waals surface area contributed by atoms with E-state index >= 15 is 0 Å². The van der Waals surface area contributed by atoms with Gasteiger partial charge in [-0.25, -0.2) is 4.98 Å². The topological polar surface area (TPSA) is 74.2 Å². The molecule has 0 spiro atoms. The van der Waals surface area contributed by atoms with Gasteiger partial charge in [-0.2, -0.15) is 0 Å². The molecule has 2 unspecified atom stereocenters. The Labute approximate surface area is 159 Å². The van der Waals surface area contributed by atoms with Crippen molar-refractivity contribution in [1.82, 2.24) is 15.6 Å². The standard InChI is InChI=1S/C15H15Cl2N3O2S.ClH/c16-10-2-1-8(3-11(10)17)15-20-12(7-23-15)14(22)19-5-9-4-18-6-13(9)21;/h1-3,7,9,13,18,21H,4-6H2,(H,19,22);1H. The number of hydrogen-bond donors (Lipinski definition) is 3. The number of aliphatic hydroxyl groups is 1. The molecule has 1 aromatic carbocycles. The first kappa shape index (κ1) is 19.4. The lowest BCUT2D eigenvalue weighted by atomic mass is 10.1. The van der Waals surface area contributed by atoms with E-state index < -0.39 is 6.10 Å². The maximum atomic E-state index is 12.2. The van der Waals surface area contributed by atoms with E-state index in [0.717, 1.165) is 5.56 Å². The largest absolute Gasteiger partial charge is 0.391 e. The molecule has 5 nitrogen and oxygen atoms in total. The Morgan fingerprint density at radius 2 is 2.17 bits per heavy atom. The second-order valence-electron chi connectivity index (χ2n) is 5.36. The number of rotatable bonds is 4. The summed E-state index contributed by atoms with van der Waals surface area (Å²) in [6, 6.07) is 5.25. The number of benzene rings is 1. The third-order valence-electron chi connectivity index (χ3n) is 3.73. The normalized spacial score (nSPS) is 19.8. The van der Waals surface area contributed by atoms with Gasteiger partial charge in [0.05, 0.1) is 16.1 Å². The van der Waals surface area contributed by atoms with Gasteiger partial charge in [0, 0.05) is 36.5 Å². The zero-order chi connectivity index (χ0) is 16.4. The van der Waals surface area contributed by atoms with Crippen molar-refractivity contribution in [3.8, 4) is 10.6 Å². The van der Waals surface area contributed by atoms with Crippen molar-refractivity contribution in [2.75, 3.05) is 19.6 Å². The summed E-state index contributed by atoms with van der Waals surface area (Å²) in [5, 5.41) is 19.0. The van der Waals surface area contributed by atoms with Gasteiger partial charge in [0.15, 0.2) is 0 Å². The zero-order valence-corrected chi connectivity index (χ0v) is 15.6. The summed E-state index contributed by atoms with van der Waals surface area (Å²) in [5.41, 5.74) is 1.18. The summed E-state index contributed by atoms with van der Waals surface area (Å²) in [5.74, 6) is -0.209. The Hall–Kier alpha value is -0.890. The van der Waals surface area contributed by atoms with Crippen LogP contribution in [0, 0.1) is 5.92 Å². The van der Waals surface area contributed by atoms with Gasteiger partial charge < -0.3 is 15.7 Å². The Bertz CT molecular complexity index is 726. The summed E-state index contributed by atoms with van der Waals surface area (Å²) in [6.07, 6.45) is -0.419. The lowest BCUT2D eigenvalue weighted by Crippen LogP contribution is -2.34. The van der Waals surface area contributed by atoms with Gasteiger partial charge in [-0.05, 0) is 12.1 Å². The molecule has 3 N–H and O–H groups in total. The number of halogens is 3. The molecule has 3 rings (SSSR count). The van der Waals surface area contributed by atoms with E-state index in [9.17, 15) is 9.90 Å². The molecule has 1 aliphatic rings. The minimum atomic E-state index is -0.419. The lowest BCUT2D eigenvalue weighted by Gasteiger charge is -2.13. The van der Waals surface area contributed by atoms with Gasteiger partial charge >= 0.3 is 0 Å². The first-order valence-electron chi connectivity index (χ1n) is 7.12. The molecule has 2 atom stereocenters. The number of thiazole rings is 1. The van der Waals surface area contributed by atoms with Crippen LogP contribution in [0.5, 0.6) is 0 Å². The predicted octanol–water partition coefficient (Wildman–Crippen LogP) is 2.85. The Balaban J connectivity index is 0.00000208. The van der Waals surface area contributed by atoms with Crippen LogP contribution >= 0.6 is 46.9 Å². The predicted molar refractivity (Wildman–Crippen MR) is 99.5 cm³/mol. The number of nitrogens with zero attached hydrogens (tertiary/aromatic N) is 1. The van der Waals surface area contributed by atoms with Crippen LogP contribution in [-0.4, -0.2) is 41.7 Å². The highest BCUT2D eigenvalue weighted by molar-refractivity contribution is 7.13. The van der Waals surface area contributed by atoms with Gasteiger partial charge in [-0.1, -0.05) is 29.3 Å². The highest BCUT2D eigenvalue weighted by atomic mass is 35.5. The third-order valence-corrected chi connectivity index (χ3v) is 5.36. The highest BCUT2D eigenvalue weighted by Gasteiger charge is 2.25. The van der Waals surface area contributed by atoms with E-state index in [0.29, 0.717) is 40.4 Å². The van der Waals surface area contributed by atoms with Gasteiger partial charge in [0.25, 0.3) is 5.91 Å². The van der Waals surface area contributed by atoms with Crippen LogP contribution in [0.2, 0.25) is 10.0 Å². The van der Waals surface area contributed by atoms with Crippen LogP contribution in [-0.2, 0) is 0 Å². The van der Waals surface area contributed by atoms with Crippen LogP contribution in [0.3, 0.4) is 0 Å². The maximum absolute atomic E-state index is 12.2. The fourth-order valence-corrected chi connectivity index (χ4v) is 3.48. The van der Waals surface area contributed by atoms with Crippen LogP contribution in [0.1, 0.15) is 10.5 Å². The second kappa shape index (κ2) is 8.47. The molecule has 24 heavy (non-hydrogen) atoms. The summed E-state index contributed by atoms with van der Waals surface area (Å²) < 4.78 is 0. The van der Waals surface area contributed by atoms with Crippen molar-refractivity contribution in [2.24, 2.45) is 5.92 Å². The van der Waals surface area contributed by atoms with Gasteiger partial charge in [0.1, 0.15) is 10.7 Å². The summed E-state index contributed by atoms with van der Waals surface area (Å²) >= 11 is 13.3. The minimum absolute atomic E-state index is 0. The van der Waals surface area contributed by atoms with E-state index in [1.165, 1.54) is 11.3 Å². The maximum Gasteiger partial charge on any atom is 0.270 e. The van der Waals surface area contributed by atoms with Crippen LogP contribution < -0.4 is 10.6 Å². The Kier molecular flexibility index (Phi) is 6.86. The van der Waals surface area contributed by atoms with Crippen molar-refractivity contribution in [3.05, 3.63) is 39.3 Å². The van der Waals surface area contributed by atoms with E-state index in [-0.39, 0.29) is 24.2 Å². The molecule has 2 aromatic rings. The van der Waals surface area contributed by atoms with Crippen molar-refractivity contribution in [2.45, 2.75) is 6.10 Å². The van der Waals surface area contributed by atoms with Crippen molar-refractivity contribution < 1.29 is 9.90 Å². The van der Waals surface area contributed by atoms with Crippen molar-refractivity contribution >= 4 is 52.9 Å². The molecular formula is C15H16Cl3N3O2S. The molecule has 2 heterocycles. The van der Waals surface area contributed by atoms with E-state index in [4.69, 9.17) is 23.2 Å². The van der Waals surface area contributed by atoms with E-state index in [2.05, 4.69) is 15.6 Å². The van der Waals surface area contributed by atoms with Crippen molar-refractivity contribution in [3.63, 3.8) is 0 Å². The number of aromatic nitrogens is 1. The van der Waals surface area contributed by atoms with Gasteiger partial charge in [-0.3, -0.25) is 4.79 Å². The van der Waals surface area contributed by atoms with Crippen LogP contribution in [0.4, 0.5) is 0 Å². The molecule has 130 valence electrons. The summed E-state index contributed by atoms with van der Waals surface area (Å²) in [7, 11) is 0. The molecule has 9 heteroatoms. The van der Waals surface area contributed by atoms with Gasteiger partial charge in [-0.15, -0.1) is 23.7 Å². The number of aliphatic hydroxyl groups excluding tert-OH is 1. The molecule has 0 radical (unpaired) electrons. The fraction of sp³-hybridized carbons (Fsp3) is 0.333. The number of carbonyl (C=O) groups is 1. The molecule has 0 aliphatic carbocycles. The van der Waals surface area contributed by atoms with Crippen LogP contribution in [0.25, 0.3) is 10.6 Å². The molecule has 1 aromatic heterocycles. The summed E-state index contributed by atoms with van der Waals surface area (Å²) in [6.45, 7) is 1.69. The number of carbonyl (C=O) groups excluding carboxylic acids is 1. The highest BCUT2D eigenvalue weighted by Crippen LogP contribution is 2.30. The first-order valence-corrected chi connectivity index (χ1v) is 8.76. The Morgan fingerprint density at radius 1 is 1.38 bits per heavy atom. The van der Waals surface area contributed by atoms with E-state index in [1.807, 2.05) is 6.07 Å². The second-order valence-corrected chi connectivity index (χ2v) is 7.03. The molecule has 0 saturated carbocycles. The molecule has 1 aliphatic heterocycles. The smallest absolute Gasteiger partial charge is 0.270 e. The van der Waals surface area contributed by atoms with Crippen molar-refractivity contribution in [1.29, 1.82) is 0 Å². The number of amides is 1. The number of nitrogens with one attached hydrogen (secondary N) is 2. The minimum Gasteiger partial charge on any atom is -0.391 e. The molecule has 1 amide bonds. The molecular weight excluding hydrogens is 393 g/mol. The quantitative estimate of drug-likeness (QED) is 0.727. The molecule has 0 bridgehead atoms.